The molecule has 0 amide bonds. The minimum atomic E-state index is -0.221. The smallest absolute Gasteiger partial charge is 0.215 e. The van der Waals surface area contributed by atoms with E-state index in [0.29, 0.717) is 17.5 Å². The summed E-state index contributed by atoms with van der Waals surface area (Å²) >= 11 is 0. The van der Waals surface area contributed by atoms with Gasteiger partial charge in [0.25, 0.3) is 0 Å². The second kappa shape index (κ2) is 7.62. The van der Waals surface area contributed by atoms with Crippen molar-refractivity contribution in [3.8, 4) is 5.88 Å². The summed E-state index contributed by atoms with van der Waals surface area (Å²) in [5.41, 5.74) is 1.54. The lowest BCUT2D eigenvalue weighted by atomic mass is 10.1. The van der Waals surface area contributed by atoms with Crippen molar-refractivity contribution in [2.45, 2.75) is 32.9 Å². The minimum absolute atomic E-state index is 0.185. The van der Waals surface area contributed by atoms with Gasteiger partial charge in [0, 0.05) is 37.3 Å². The molecule has 4 nitrogen and oxygen atoms in total. The fourth-order valence-electron chi connectivity index (χ4n) is 2.88. The molecule has 0 saturated carbocycles. The molecule has 1 fully saturated rings. The number of hydrogen-bond donors (Lipinski definition) is 1. The molecule has 1 aliphatic heterocycles. The van der Waals surface area contributed by atoms with Crippen LogP contribution in [0.1, 0.15) is 25.0 Å². The first-order valence-corrected chi connectivity index (χ1v) is 8.51. The number of benzene rings is 1. The Bertz CT molecular complexity index is 692. The Balaban J connectivity index is 1.66. The number of ether oxygens (including phenoxy) is 1. The highest BCUT2D eigenvalue weighted by molar-refractivity contribution is 5.41. The van der Waals surface area contributed by atoms with Crippen molar-refractivity contribution in [3.63, 3.8) is 0 Å². The standard InChI is InChI=1S/C19H24FN3O/c1-3-15-7-8-16(17(20)11-15)13-24-19-6-4-5-18(22-19)23-10-9-21-14(2)12-23/h4-8,11,14,21H,3,9-10,12-13H2,1-2H3/t14-/m0/s1. The van der Waals surface area contributed by atoms with Gasteiger partial charge in [0.05, 0.1) is 0 Å². The second-order valence-corrected chi connectivity index (χ2v) is 6.20. The van der Waals surface area contributed by atoms with E-state index >= 15 is 0 Å². The van der Waals surface area contributed by atoms with Crippen molar-refractivity contribution in [2.24, 2.45) is 0 Å². The molecule has 0 spiro atoms. The molecular formula is C19H24FN3O. The van der Waals surface area contributed by atoms with E-state index in [-0.39, 0.29) is 12.4 Å². The van der Waals surface area contributed by atoms with Gasteiger partial charge in [0.15, 0.2) is 0 Å². The lowest BCUT2D eigenvalue weighted by molar-refractivity contribution is 0.288. The maximum absolute atomic E-state index is 14.0. The number of nitrogens with zero attached hydrogens (tertiary/aromatic N) is 2. The van der Waals surface area contributed by atoms with Crippen molar-refractivity contribution < 1.29 is 9.13 Å². The van der Waals surface area contributed by atoms with E-state index < -0.39 is 0 Å². The number of anilines is 1. The Labute approximate surface area is 142 Å². The number of hydrogen-bond acceptors (Lipinski definition) is 4. The number of aromatic nitrogens is 1. The molecule has 0 bridgehead atoms. The van der Waals surface area contributed by atoms with Gasteiger partial charge in [-0.25, -0.2) is 4.39 Å². The zero-order valence-electron chi connectivity index (χ0n) is 14.3. The van der Waals surface area contributed by atoms with Crippen LogP contribution >= 0.6 is 0 Å². The third-order valence-corrected chi connectivity index (χ3v) is 4.30. The number of pyridine rings is 1. The second-order valence-electron chi connectivity index (χ2n) is 6.20. The van der Waals surface area contributed by atoms with Crippen LogP contribution in [0, 0.1) is 5.82 Å². The van der Waals surface area contributed by atoms with Crippen LogP contribution in [0.3, 0.4) is 0 Å². The number of aryl methyl sites for hydroxylation is 1. The molecule has 2 aromatic rings. The summed E-state index contributed by atoms with van der Waals surface area (Å²) < 4.78 is 19.7. The molecule has 0 radical (unpaired) electrons. The minimum Gasteiger partial charge on any atom is -0.473 e. The maximum Gasteiger partial charge on any atom is 0.215 e. The number of rotatable bonds is 5. The summed E-state index contributed by atoms with van der Waals surface area (Å²) in [5.74, 6) is 1.21. The van der Waals surface area contributed by atoms with Gasteiger partial charge < -0.3 is 15.0 Å². The van der Waals surface area contributed by atoms with E-state index in [1.807, 2.05) is 31.2 Å². The quantitative estimate of drug-likeness (QED) is 0.914. The van der Waals surface area contributed by atoms with Gasteiger partial charge in [-0.05, 0) is 31.0 Å². The molecule has 3 rings (SSSR count). The number of halogens is 1. The predicted octanol–water partition coefficient (Wildman–Crippen LogP) is 3.16. The lowest BCUT2D eigenvalue weighted by Crippen LogP contribution is -2.49. The first kappa shape index (κ1) is 16.7. The molecule has 24 heavy (non-hydrogen) atoms. The van der Waals surface area contributed by atoms with Crippen LogP contribution in [0.2, 0.25) is 0 Å². The topological polar surface area (TPSA) is 37.4 Å². The van der Waals surface area contributed by atoms with Gasteiger partial charge in [-0.2, -0.15) is 4.98 Å². The van der Waals surface area contributed by atoms with Crippen molar-refractivity contribution >= 4 is 5.82 Å². The molecule has 0 unspecified atom stereocenters. The van der Waals surface area contributed by atoms with E-state index in [2.05, 4.69) is 22.1 Å². The van der Waals surface area contributed by atoms with Gasteiger partial charge in [-0.15, -0.1) is 0 Å². The van der Waals surface area contributed by atoms with Crippen LogP contribution in [0.4, 0.5) is 10.2 Å². The van der Waals surface area contributed by atoms with Gasteiger partial charge in [0.1, 0.15) is 18.2 Å². The molecule has 2 heterocycles. The third kappa shape index (κ3) is 4.03. The van der Waals surface area contributed by atoms with Gasteiger partial charge >= 0.3 is 0 Å². The average Bonchev–Trinajstić information content (AvgIpc) is 2.61. The summed E-state index contributed by atoms with van der Waals surface area (Å²) in [7, 11) is 0. The van der Waals surface area contributed by atoms with Crippen LogP contribution in [-0.2, 0) is 13.0 Å². The first-order chi connectivity index (χ1) is 11.7. The molecule has 1 aromatic heterocycles. The summed E-state index contributed by atoms with van der Waals surface area (Å²) in [6.07, 6.45) is 0.824. The van der Waals surface area contributed by atoms with E-state index in [1.165, 1.54) is 0 Å². The highest BCUT2D eigenvalue weighted by atomic mass is 19.1. The zero-order chi connectivity index (χ0) is 16.9. The molecule has 1 saturated heterocycles. The van der Waals surface area contributed by atoms with Crippen molar-refractivity contribution in [3.05, 3.63) is 53.3 Å². The Hall–Kier alpha value is -2.14. The zero-order valence-corrected chi connectivity index (χ0v) is 14.3. The van der Waals surface area contributed by atoms with E-state index in [4.69, 9.17) is 4.74 Å². The van der Waals surface area contributed by atoms with E-state index in [0.717, 1.165) is 37.4 Å². The van der Waals surface area contributed by atoms with Crippen LogP contribution in [0.5, 0.6) is 5.88 Å². The molecule has 1 aliphatic rings. The monoisotopic (exact) mass is 329 g/mol. The predicted molar refractivity (Wildman–Crippen MR) is 94.0 cm³/mol. The van der Waals surface area contributed by atoms with Crippen LogP contribution < -0.4 is 15.0 Å². The highest BCUT2D eigenvalue weighted by Crippen LogP contribution is 2.19. The molecule has 1 aromatic carbocycles. The summed E-state index contributed by atoms with van der Waals surface area (Å²) in [5, 5.41) is 3.42. The van der Waals surface area contributed by atoms with Crippen molar-refractivity contribution in [1.82, 2.24) is 10.3 Å². The van der Waals surface area contributed by atoms with Gasteiger partial charge in [0.2, 0.25) is 5.88 Å². The Kier molecular flexibility index (Phi) is 5.30. The Morgan fingerprint density at radius 2 is 2.21 bits per heavy atom. The lowest BCUT2D eigenvalue weighted by Gasteiger charge is -2.32. The first-order valence-electron chi connectivity index (χ1n) is 8.51. The van der Waals surface area contributed by atoms with E-state index in [9.17, 15) is 4.39 Å². The van der Waals surface area contributed by atoms with Crippen LogP contribution in [0.25, 0.3) is 0 Å². The van der Waals surface area contributed by atoms with Crippen molar-refractivity contribution in [1.29, 1.82) is 0 Å². The fraction of sp³-hybridized carbons (Fsp3) is 0.421. The summed E-state index contributed by atoms with van der Waals surface area (Å²) in [6.45, 7) is 7.15. The molecular weight excluding hydrogens is 305 g/mol. The van der Waals surface area contributed by atoms with Crippen LogP contribution in [0.15, 0.2) is 36.4 Å². The molecule has 0 aliphatic carbocycles. The molecule has 128 valence electrons. The van der Waals surface area contributed by atoms with E-state index in [1.54, 1.807) is 12.1 Å². The summed E-state index contributed by atoms with van der Waals surface area (Å²) in [4.78, 5) is 6.80. The average molecular weight is 329 g/mol. The highest BCUT2D eigenvalue weighted by Gasteiger charge is 2.17. The fourth-order valence-corrected chi connectivity index (χ4v) is 2.88. The largest absolute Gasteiger partial charge is 0.473 e. The SMILES string of the molecule is CCc1ccc(COc2cccc(N3CCN[C@@H](C)C3)n2)c(F)c1. The molecule has 1 atom stereocenters. The number of nitrogens with one attached hydrogen (secondary N) is 1. The third-order valence-electron chi connectivity index (χ3n) is 4.30. The van der Waals surface area contributed by atoms with Gasteiger partial charge in [-0.3, -0.25) is 0 Å². The van der Waals surface area contributed by atoms with Gasteiger partial charge in [-0.1, -0.05) is 25.1 Å². The summed E-state index contributed by atoms with van der Waals surface area (Å²) in [6, 6.07) is 11.5. The normalized spacial score (nSPS) is 17.8. The number of piperazine rings is 1. The van der Waals surface area contributed by atoms with Crippen LogP contribution in [-0.4, -0.2) is 30.7 Å². The Morgan fingerprint density at radius 3 is 2.96 bits per heavy atom. The maximum atomic E-state index is 14.0. The Morgan fingerprint density at radius 1 is 1.33 bits per heavy atom. The molecule has 5 heteroatoms. The van der Waals surface area contributed by atoms with Crippen molar-refractivity contribution in [2.75, 3.05) is 24.5 Å². The molecule has 1 N–H and O–H groups in total.